The highest BCUT2D eigenvalue weighted by molar-refractivity contribution is 5.75. The number of hydrogen-bond donors (Lipinski definition) is 3. The molecule has 0 unspecified atom stereocenters. The number of ketones is 1. The average Bonchev–Trinajstić information content (AvgIpc) is 2.46. The van der Waals surface area contributed by atoms with Crippen molar-refractivity contribution in [3.63, 3.8) is 0 Å². The SMILES string of the molecule is CC(=O)CCOCCCN.CC(=O)NCCCOCCC(N)=O. The zero-order chi connectivity index (χ0) is 17.9. The van der Waals surface area contributed by atoms with Crippen LogP contribution < -0.4 is 16.8 Å². The predicted octanol–water partition coefficient (Wildman–Crippen LogP) is -0.264. The topological polar surface area (TPSA) is 134 Å². The second-order valence-corrected chi connectivity index (χ2v) is 4.87. The number of amides is 2. The molecule has 0 aromatic heterocycles. The maximum Gasteiger partial charge on any atom is 0.219 e. The van der Waals surface area contributed by atoms with Gasteiger partial charge in [0.1, 0.15) is 5.78 Å². The molecule has 0 aromatic rings. The van der Waals surface area contributed by atoms with Gasteiger partial charge in [-0.25, -0.2) is 0 Å². The first-order chi connectivity index (χ1) is 10.9. The molecule has 8 nitrogen and oxygen atoms in total. The summed E-state index contributed by atoms with van der Waals surface area (Å²) in [4.78, 5) is 31.0. The molecule has 0 saturated carbocycles. The molecule has 0 aliphatic rings. The van der Waals surface area contributed by atoms with Gasteiger partial charge in [0.25, 0.3) is 0 Å². The van der Waals surface area contributed by atoms with Gasteiger partial charge in [0.2, 0.25) is 11.8 Å². The van der Waals surface area contributed by atoms with E-state index in [0.717, 1.165) is 12.8 Å². The predicted molar refractivity (Wildman–Crippen MR) is 87.7 cm³/mol. The van der Waals surface area contributed by atoms with Gasteiger partial charge in [-0.05, 0) is 26.3 Å². The van der Waals surface area contributed by atoms with Crippen molar-refractivity contribution in [1.29, 1.82) is 0 Å². The summed E-state index contributed by atoms with van der Waals surface area (Å²) in [5.74, 6) is -0.230. The third kappa shape index (κ3) is 29.2. The fourth-order valence-corrected chi connectivity index (χ4v) is 1.22. The number of nitrogens with one attached hydrogen (secondary N) is 1. The fourth-order valence-electron chi connectivity index (χ4n) is 1.22. The van der Waals surface area contributed by atoms with Crippen LogP contribution in [0.25, 0.3) is 0 Å². The van der Waals surface area contributed by atoms with Gasteiger partial charge in [-0.15, -0.1) is 0 Å². The van der Waals surface area contributed by atoms with E-state index in [-0.39, 0.29) is 24.0 Å². The Balaban J connectivity index is 0. The number of Topliss-reactive ketones (excluding diaryl/α,β-unsaturated/α-hetero) is 1. The molecule has 0 spiro atoms. The van der Waals surface area contributed by atoms with Crippen molar-refractivity contribution < 1.29 is 23.9 Å². The Morgan fingerprint density at radius 1 is 0.913 bits per heavy atom. The average molecular weight is 333 g/mol. The lowest BCUT2D eigenvalue weighted by Gasteiger charge is -2.02. The molecule has 0 bridgehead atoms. The molecular formula is C15H31N3O5. The van der Waals surface area contributed by atoms with Crippen LogP contribution >= 0.6 is 0 Å². The van der Waals surface area contributed by atoms with Crippen LogP contribution in [-0.4, -0.2) is 57.1 Å². The van der Waals surface area contributed by atoms with E-state index in [2.05, 4.69) is 5.32 Å². The van der Waals surface area contributed by atoms with E-state index in [0.29, 0.717) is 45.9 Å². The van der Waals surface area contributed by atoms with Crippen LogP contribution in [0.15, 0.2) is 0 Å². The fraction of sp³-hybridized carbons (Fsp3) is 0.800. The summed E-state index contributed by atoms with van der Waals surface area (Å²) in [6.45, 7) is 6.38. The minimum Gasteiger partial charge on any atom is -0.381 e. The standard InChI is InChI=1S/C8H16N2O3.C7H15NO2/c1-7(11)10-4-2-5-13-6-3-8(9)12;1-7(9)3-6-10-5-2-4-8/h2-6H2,1H3,(H2,9,12)(H,10,11);2-6,8H2,1H3. The maximum absolute atomic E-state index is 10.4. The van der Waals surface area contributed by atoms with Crippen molar-refractivity contribution in [3.8, 4) is 0 Å². The Bertz CT molecular complexity index is 306. The molecule has 0 heterocycles. The Morgan fingerprint density at radius 2 is 1.48 bits per heavy atom. The van der Waals surface area contributed by atoms with E-state index in [1.54, 1.807) is 6.92 Å². The molecule has 0 rings (SSSR count). The lowest BCUT2D eigenvalue weighted by atomic mass is 10.3. The highest BCUT2D eigenvalue weighted by Gasteiger charge is 1.94. The Morgan fingerprint density at radius 3 is 1.96 bits per heavy atom. The van der Waals surface area contributed by atoms with Crippen LogP contribution in [0.3, 0.4) is 0 Å². The molecule has 0 radical (unpaired) electrons. The molecule has 0 fully saturated rings. The molecule has 0 atom stereocenters. The van der Waals surface area contributed by atoms with Crippen LogP contribution in [-0.2, 0) is 23.9 Å². The molecule has 0 aromatic carbocycles. The molecule has 0 aliphatic carbocycles. The summed E-state index contributed by atoms with van der Waals surface area (Å²) in [5, 5.41) is 2.63. The lowest BCUT2D eigenvalue weighted by Crippen LogP contribution is -2.22. The first-order valence-electron chi connectivity index (χ1n) is 7.77. The highest BCUT2D eigenvalue weighted by atomic mass is 16.5. The van der Waals surface area contributed by atoms with Gasteiger partial charge < -0.3 is 26.3 Å². The Kier molecular flexibility index (Phi) is 19.1. The largest absolute Gasteiger partial charge is 0.381 e. The number of primary amides is 1. The van der Waals surface area contributed by atoms with E-state index >= 15 is 0 Å². The number of nitrogens with two attached hydrogens (primary N) is 2. The second kappa shape index (κ2) is 18.5. The third-order valence-corrected chi connectivity index (χ3v) is 2.42. The summed E-state index contributed by atoms with van der Waals surface area (Å²) in [7, 11) is 0. The van der Waals surface area contributed by atoms with Crippen LogP contribution in [0.5, 0.6) is 0 Å². The second-order valence-electron chi connectivity index (χ2n) is 4.87. The summed E-state index contributed by atoms with van der Waals surface area (Å²) in [5.41, 5.74) is 10.1. The van der Waals surface area contributed by atoms with Gasteiger partial charge in [-0.3, -0.25) is 14.4 Å². The van der Waals surface area contributed by atoms with Gasteiger partial charge >= 0.3 is 0 Å². The van der Waals surface area contributed by atoms with Gasteiger partial charge in [-0.1, -0.05) is 0 Å². The van der Waals surface area contributed by atoms with Crippen LogP contribution in [0.2, 0.25) is 0 Å². The van der Waals surface area contributed by atoms with Crippen molar-refractivity contribution in [2.24, 2.45) is 11.5 Å². The Labute approximate surface area is 138 Å². The maximum atomic E-state index is 10.4. The number of ether oxygens (including phenoxy) is 2. The summed E-state index contributed by atoms with van der Waals surface area (Å²) >= 11 is 0. The molecular weight excluding hydrogens is 302 g/mol. The molecule has 5 N–H and O–H groups in total. The molecule has 8 heteroatoms. The molecule has 0 saturated heterocycles. The smallest absolute Gasteiger partial charge is 0.219 e. The number of carbonyl (C=O) groups excluding carboxylic acids is 3. The molecule has 2 amide bonds. The van der Waals surface area contributed by atoms with E-state index in [4.69, 9.17) is 20.9 Å². The first-order valence-corrected chi connectivity index (χ1v) is 7.77. The van der Waals surface area contributed by atoms with Gasteiger partial charge in [0.15, 0.2) is 0 Å². The number of rotatable bonds is 13. The molecule has 136 valence electrons. The minimum atomic E-state index is -0.359. The lowest BCUT2D eigenvalue weighted by molar-refractivity contribution is -0.119. The van der Waals surface area contributed by atoms with E-state index in [1.165, 1.54) is 6.92 Å². The number of hydrogen-bond acceptors (Lipinski definition) is 6. The zero-order valence-corrected chi connectivity index (χ0v) is 14.3. The van der Waals surface area contributed by atoms with Crippen molar-refractivity contribution >= 4 is 17.6 Å². The summed E-state index contributed by atoms with van der Waals surface area (Å²) < 4.78 is 10.2. The monoisotopic (exact) mass is 333 g/mol. The normalized spacial score (nSPS) is 9.70. The summed E-state index contributed by atoms with van der Waals surface area (Å²) in [6.07, 6.45) is 2.39. The van der Waals surface area contributed by atoms with Gasteiger partial charge in [0, 0.05) is 39.5 Å². The van der Waals surface area contributed by atoms with E-state index in [9.17, 15) is 14.4 Å². The first kappa shape index (κ1) is 23.8. The highest BCUT2D eigenvalue weighted by Crippen LogP contribution is 1.85. The Hall–Kier alpha value is -1.51. The van der Waals surface area contributed by atoms with Gasteiger partial charge in [-0.2, -0.15) is 0 Å². The van der Waals surface area contributed by atoms with E-state index < -0.39 is 0 Å². The van der Waals surface area contributed by atoms with E-state index in [1.807, 2.05) is 0 Å². The quantitative estimate of drug-likeness (QED) is 0.397. The van der Waals surface area contributed by atoms with Crippen molar-refractivity contribution in [3.05, 3.63) is 0 Å². The van der Waals surface area contributed by atoms with Crippen molar-refractivity contribution in [1.82, 2.24) is 5.32 Å². The van der Waals surface area contributed by atoms with Crippen LogP contribution in [0.1, 0.15) is 39.5 Å². The molecule has 23 heavy (non-hydrogen) atoms. The zero-order valence-electron chi connectivity index (χ0n) is 14.3. The van der Waals surface area contributed by atoms with Crippen LogP contribution in [0.4, 0.5) is 0 Å². The third-order valence-electron chi connectivity index (χ3n) is 2.42. The van der Waals surface area contributed by atoms with Gasteiger partial charge in [0.05, 0.1) is 13.2 Å². The molecule has 0 aliphatic heterocycles. The minimum absolute atomic E-state index is 0.0443. The van der Waals surface area contributed by atoms with Crippen LogP contribution in [0, 0.1) is 0 Å². The van der Waals surface area contributed by atoms with Crippen molar-refractivity contribution in [2.75, 3.05) is 39.5 Å². The van der Waals surface area contributed by atoms with Crippen molar-refractivity contribution in [2.45, 2.75) is 39.5 Å². The summed E-state index contributed by atoms with van der Waals surface area (Å²) in [6, 6.07) is 0. The number of carbonyl (C=O) groups is 3.